The first-order chi connectivity index (χ1) is 10.1. The molecule has 0 unspecified atom stereocenters. The minimum absolute atomic E-state index is 0.308. The molecule has 2 rings (SSSR count). The Morgan fingerprint density at radius 2 is 1.95 bits per heavy atom. The number of rotatable bonds is 5. The Morgan fingerprint density at radius 1 is 1.29 bits per heavy atom. The molecule has 0 saturated carbocycles. The first-order valence-corrected chi connectivity index (χ1v) is 6.34. The van der Waals surface area contributed by atoms with Crippen LogP contribution in [0.3, 0.4) is 0 Å². The SMILES string of the molecule is CCOC(=O)c1cnn(-c2cc(OC)c(OC)cc2N)c1. The quantitative estimate of drug-likeness (QED) is 0.665. The smallest absolute Gasteiger partial charge is 0.341 e. The molecule has 0 fully saturated rings. The molecule has 0 radical (unpaired) electrons. The van der Waals surface area contributed by atoms with E-state index in [9.17, 15) is 4.79 Å². The Bertz CT molecular complexity index is 652. The van der Waals surface area contributed by atoms with E-state index in [0.717, 1.165) is 0 Å². The van der Waals surface area contributed by atoms with E-state index in [-0.39, 0.29) is 0 Å². The third-order valence-electron chi connectivity index (χ3n) is 2.87. The fourth-order valence-electron chi connectivity index (χ4n) is 1.86. The molecule has 21 heavy (non-hydrogen) atoms. The molecule has 2 aromatic rings. The average Bonchev–Trinajstić information content (AvgIpc) is 2.96. The number of aromatic nitrogens is 2. The molecule has 7 nitrogen and oxygen atoms in total. The van der Waals surface area contributed by atoms with Crippen LogP contribution in [-0.2, 0) is 4.74 Å². The molecule has 1 aromatic heterocycles. The maximum atomic E-state index is 11.6. The molecule has 1 aromatic carbocycles. The number of benzene rings is 1. The van der Waals surface area contributed by atoms with E-state index in [1.807, 2.05) is 0 Å². The molecule has 0 aliphatic carbocycles. The normalized spacial score (nSPS) is 10.2. The second-order valence-corrected chi connectivity index (χ2v) is 4.16. The number of hydrogen-bond acceptors (Lipinski definition) is 6. The van der Waals surface area contributed by atoms with Crippen LogP contribution in [0.2, 0.25) is 0 Å². The maximum Gasteiger partial charge on any atom is 0.341 e. The standard InChI is InChI=1S/C14H17N3O4/c1-4-21-14(18)9-7-16-17(8-9)11-6-13(20-3)12(19-2)5-10(11)15/h5-8H,4,15H2,1-3H3. The highest BCUT2D eigenvalue weighted by molar-refractivity contribution is 5.89. The number of methoxy groups -OCH3 is 2. The van der Waals surface area contributed by atoms with E-state index >= 15 is 0 Å². The lowest BCUT2D eigenvalue weighted by Gasteiger charge is -2.12. The Kier molecular flexibility index (Phi) is 4.32. The van der Waals surface area contributed by atoms with Crippen LogP contribution < -0.4 is 15.2 Å². The van der Waals surface area contributed by atoms with E-state index < -0.39 is 5.97 Å². The van der Waals surface area contributed by atoms with Crippen molar-refractivity contribution < 1.29 is 19.0 Å². The number of esters is 1. The molecule has 0 atom stereocenters. The second-order valence-electron chi connectivity index (χ2n) is 4.16. The third-order valence-corrected chi connectivity index (χ3v) is 2.87. The molecular formula is C14H17N3O4. The largest absolute Gasteiger partial charge is 0.493 e. The van der Waals surface area contributed by atoms with Crippen LogP contribution in [0.5, 0.6) is 11.5 Å². The Morgan fingerprint density at radius 3 is 2.57 bits per heavy atom. The van der Waals surface area contributed by atoms with Crippen molar-refractivity contribution in [2.45, 2.75) is 6.92 Å². The summed E-state index contributed by atoms with van der Waals surface area (Å²) in [6.07, 6.45) is 2.98. The fourth-order valence-corrected chi connectivity index (χ4v) is 1.86. The molecular weight excluding hydrogens is 274 g/mol. The number of nitrogens with two attached hydrogens (primary N) is 1. The summed E-state index contributed by atoms with van der Waals surface area (Å²) in [5, 5.41) is 4.12. The van der Waals surface area contributed by atoms with Crippen LogP contribution in [-0.4, -0.2) is 36.6 Å². The van der Waals surface area contributed by atoms with Gasteiger partial charge in [-0.2, -0.15) is 5.10 Å². The van der Waals surface area contributed by atoms with Gasteiger partial charge in [-0.25, -0.2) is 9.48 Å². The number of anilines is 1. The minimum atomic E-state index is -0.428. The van der Waals surface area contributed by atoms with Crippen molar-refractivity contribution in [3.05, 3.63) is 30.1 Å². The van der Waals surface area contributed by atoms with Crippen LogP contribution in [0.1, 0.15) is 17.3 Å². The van der Waals surface area contributed by atoms with Gasteiger partial charge in [-0.15, -0.1) is 0 Å². The maximum absolute atomic E-state index is 11.6. The van der Waals surface area contributed by atoms with Crippen molar-refractivity contribution in [3.63, 3.8) is 0 Å². The summed E-state index contributed by atoms with van der Waals surface area (Å²) in [6.45, 7) is 2.05. The van der Waals surface area contributed by atoms with Crippen molar-refractivity contribution >= 4 is 11.7 Å². The topological polar surface area (TPSA) is 88.6 Å². The first-order valence-electron chi connectivity index (χ1n) is 6.34. The Balaban J connectivity index is 2.40. The molecule has 0 spiro atoms. The van der Waals surface area contributed by atoms with Gasteiger partial charge >= 0.3 is 5.97 Å². The zero-order chi connectivity index (χ0) is 15.4. The minimum Gasteiger partial charge on any atom is -0.493 e. The molecule has 112 valence electrons. The highest BCUT2D eigenvalue weighted by Crippen LogP contribution is 2.33. The van der Waals surface area contributed by atoms with Crippen molar-refractivity contribution in [1.29, 1.82) is 0 Å². The number of carbonyl (C=O) groups is 1. The van der Waals surface area contributed by atoms with Gasteiger partial charge in [0.2, 0.25) is 0 Å². The van der Waals surface area contributed by atoms with E-state index in [2.05, 4.69) is 5.10 Å². The summed E-state index contributed by atoms with van der Waals surface area (Å²) in [6, 6.07) is 3.33. The first kappa shape index (κ1) is 14.7. The summed E-state index contributed by atoms with van der Waals surface area (Å²) in [5.74, 6) is 0.620. The molecule has 2 N–H and O–H groups in total. The van der Waals surface area contributed by atoms with Gasteiger partial charge in [0.15, 0.2) is 11.5 Å². The summed E-state index contributed by atoms with van der Waals surface area (Å²) >= 11 is 0. The van der Waals surface area contributed by atoms with Crippen LogP contribution in [0, 0.1) is 0 Å². The van der Waals surface area contributed by atoms with E-state index in [1.54, 1.807) is 25.3 Å². The van der Waals surface area contributed by atoms with Gasteiger partial charge in [0.05, 0.1) is 44.0 Å². The second kappa shape index (κ2) is 6.17. The summed E-state index contributed by atoms with van der Waals surface area (Å²) < 4.78 is 16.8. The third kappa shape index (κ3) is 2.91. The number of nitrogens with zero attached hydrogens (tertiary/aromatic N) is 2. The monoisotopic (exact) mass is 291 g/mol. The van der Waals surface area contributed by atoms with Crippen molar-refractivity contribution in [2.75, 3.05) is 26.6 Å². The molecule has 0 aliphatic rings. The van der Waals surface area contributed by atoms with Crippen LogP contribution in [0.4, 0.5) is 5.69 Å². The van der Waals surface area contributed by atoms with Gasteiger partial charge in [0.25, 0.3) is 0 Å². The van der Waals surface area contributed by atoms with E-state index in [4.69, 9.17) is 19.9 Å². The summed E-state index contributed by atoms with van der Waals surface area (Å²) in [4.78, 5) is 11.6. The van der Waals surface area contributed by atoms with E-state index in [1.165, 1.54) is 25.1 Å². The van der Waals surface area contributed by atoms with Crippen LogP contribution in [0.25, 0.3) is 5.69 Å². The number of hydrogen-bond donors (Lipinski definition) is 1. The van der Waals surface area contributed by atoms with Gasteiger partial charge in [-0.3, -0.25) is 0 Å². The van der Waals surface area contributed by atoms with Gasteiger partial charge < -0.3 is 19.9 Å². The van der Waals surface area contributed by atoms with Gasteiger partial charge in [-0.1, -0.05) is 0 Å². The van der Waals surface area contributed by atoms with E-state index in [0.29, 0.717) is 35.0 Å². The highest BCUT2D eigenvalue weighted by Gasteiger charge is 2.14. The summed E-state index contributed by atoms with van der Waals surface area (Å²) in [7, 11) is 3.06. The lowest BCUT2D eigenvalue weighted by atomic mass is 10.2. The number of carbonyl (C=O) groups excluding carboxylic acids is 1. The molecule has 0 bridgehead atoms. The molecule has 1 heterocycles. The van der Waals surface area contributed by atoms with Crippen molar-refractivity contribution in [3.8, 4) is 17.2 Å². The number of nitrogen functional groups attached to an aromatic ring is 1. The molecule has 7 heteroatoms. The lowest BCUT2D eigenvalue weighted by Crippen LogP contribution is -2.04. The average molecular weight is 291 g/mol. The Hall–Kier alpha value is -2.70. The molecule has 0 aliphatic heterocycles. The van der Waals surface area contributed by atoms with Crippen molar-refractivity contribution in [1.82, 2.24) is 9.78 Å². The zero-order valence-electron chi connectivity index (χ0n) is 12.1. The zero-order valence-corrected chi connectivity index (χ0v) is 12.1. The predicted octanol–water partition coefficient (Wildman–Crippen LogP) is 1.65. The summed E-state index contributed by atoms with van der Waals surface area (Å²) in [5.41, 5.74) is 7.37. The number of ether oxygens (including phenoxy) is 3. The molecule has 0 saturated heterocycles. The van der Waals surface area contributed by atoms with Gasteiger partial charge in [-0.05, 0) is 6.92 Å². The fraction of sp³-hybridized carbons (Fsp3) is 0.286. The predicted molar refractivity (Wildman–Crippen MR) is 77.0 cm³/mol. The van der Waals surface area contributed by atoms with Gasteiger partial charge in [0.1, 0.15) is 0 Å². The van der Waals surface area contributed by atoms with Crippen LogP contribution in [0.15, 0.2) is 24.5 Å². The lowest BCUT2D eigenvalue weighted by molar-refractivity contribution is 0.0526. The Labute approximate surface area is 122 Å². The molecule has 0 amide bonds. The van der Waals surface area contributed by atoms with Gasteiger partial charge in [0, 0.05) is 18.3 Å². The highest BCUT2D eigenvalue weighted by atomic mass is 16.5. The van der Waals surface area contributed by atoms with Crippen LogP contribution >= 0.6 is 0 Å². The van der Waals surface area contributed by atoms with Crippen molar-refractivity contribution in [2.24, 2.45) is 0 Å².